The van der Waals surface area contributed by atoms with Crippen molar-refractivity contribution in [1.29, 1.82) is 0 Å². The number of hydrogen-bond acceptors (Lipinski definition) is 6. The molecule has 0 bridgehead atoms. The van der Waals surface area contributed by atoms with Crippen molar-refractivity contribution in [3.05, 3.63) is 66.4 Å². The average Bonchev–Trinajstić information content (AvgIpc) is 3.26. The van der Waals surface area contributed by atoms with Gasteiger partial charge in [-0.25, -0.2) is 4.98 Å². The van der Waals surface area contributed by atoms with Gasteiger partial charge in [0.25, 0.3) is 0 Å². The van der Waals surface area contributed by atoms with Crippen molar-refractivity contribution in [2.24, 2.45) is 9.98 Å². The monoisotopic (exact) mass is 445 g/mol. The Morgan fingerprint density at radius 1 is 1.12 bits per heavy atom. The van der Waals surface area contributed by atoms with Gasteiger partial charge in [-0.3, -0.25) is 24.2 Å². The lowest BCUT2D eigenvalue weighted by Gasteiger charge is -2.35. The van der Waals surface area contributed by atoms with Gasteiger partial charge in [0, 0.05) is 51.1 Å². The zero-order chi connectivity index (χ0) is 23.2. The Labute approximate surface area is 192 Å². The third-order valence-corrected chi connectivity index (χ3v) is 5.69. The van der Waals surface area contributed by atoms with E-state index in [1.54, 1.807) is 25.5 Å². The van der Waals surface area contributed by atoms with E-state index < -0.39 is 0 Å². The first-order chi connectivity index (χ1) is 16.1. The second kappa shape index (κ2) is 10.2. The van der Waals surface area contributed by atoms with Crippen molar-refractivity contribution in [2.75, 3.05) is 26.2 Å². The van der Waals surface area contributed by atoms with E-state index in [0.29, 0.717) is 32.7 Å². The van der Waals surface area contributed by atoms with Gasteiger partial charge < -0.3 is 14.9 Å². The normalized spacial score (nSPS) is 14.9. The standard InChI is InChI=1S/C24H27N7O2/c1-18(33)29-9-11-30(12-10-29)23(7-8-25-2)27-13-21-14-28-24-15-26-22(16-31(21)24)20-5-3-19(17-32)4-6-20/h3-8,14-16,32H,2,9-13,17H2,1H3/b8-7-,27-23+. The molecule has 170 valence electrons. The minimum absolute atomic E-state index is 0.0123. The summed E-state index contributed by atoms with van der Waals surface area (Å²) in [6, 6.07) is 7.66. The molecule has 3 heterocycles. The lowest BCUT2D eigenvalue weighted by atomic mass is 10.1. The first-order valence-corrected chi connectivity index (χ1v) is 10.8. The second-order valence-corrected chi connectivity index (χ2v) is 7.77. The summed E-state index contributed by atoms with van der Waals surface area (Å²) < 4.78 is 1.99. The van der Waals surface area contributed by atoms with Crippen LogP contribution in [0.2, 0.25) is 0 Å². The van der Waals surface area contributed by atoms with Crippen molar-refractivity contribution in [3.63, 3.8) is 0 Å². The van der Waals surface area contributed by atoms with Crippen LogP contribution in [0.25, 0.3) is 16.9 Å². The summed E-state index contributed by atoms with van der Waals surface area (Å²) in [4.78, 5) is 33.3. The van der Waals surface area contributed by atoms with Crippen molar-refractivity contribution in [3.8, 4) is 11.3 Å². The van der Waals surface area contributed by atoms with Crippen LogP contribution in [0.15, 0.2) is 65.1 Å². The lowest BCUT2D eigenvalue weighted by molar-refractivity contribution is -0.130. The van der Waals surface area contributed by atoms with Gasteiger partial charge >= 0.3 is 0 Å². The maximum Gasteiger partial charge on any atom is 0.219 e. The lowest BCUT2D eigenvalue weighted by Crippen LogP contribution is -2.49. The highest BCUT2D eigenvalue weighted by Crippen LogP contribution is 2.19. The Morgan fingerprint density at radius 2 is 1.85 bits per heavy atom. The molecule has 0 unspecified atom stereocenters. The quantitative estimate of drug-likeness (QED) is 0.463. The summed E-state index contributed by atoms with van der Waals surface area (Å²) in [5.74, 6) is 0.895. The number of aliphatic hydroxyl groups is 1. The molecular formula is C24H27N7O2. The summed E-state index contributed by atoms with van der Waals surface area (Å²) in [6.45, 7) is 8.32. The van der Waals surface area contributed by atoms with Crippen LogP contribution in [0.5, 0.6) is 0 Å². The van der Waals surface area contributed by atoms with Gasteiger partial charge in [0.05, 0.1) is 36.9 Å². The minimum Gasteiger partial charge on any atom is -0.392 e. The Kier molecular flexibility index (Phi) is 6.89. The van der Waals surface area contributed by atoms with Crippen LogP contribution in [0, 0.1) is 0 Å². The summed E-state index contributed by atoms with van der Waals surface area (Å²) in [7, 11) is 0. The fourth-order valence-corrected chi connectivity index (χ4v) is 3.78. The molecule has 9 nitrogen and oxygen atoms in total. The van der Waals surface area contributed by atoms with Crippen LogP contribution in [-0.4, -0.2) is 73.9 Å². The van der Waals surface area contributed by atoms with Gasteiger partial charge in [-0.15, -0.1) is 0 Å². The topological polar surface area (TPSA) is 98.7 Å². The maximum atomic E-state index is 11.6. The van der Waals surface area contributed by atoms with Crippen LogP contribution < -0.4 is 0 Å². The zero-order valence-corrected chi connectivity index (χ0v) is 18.6. The highest BCUT2D eigenvalue weighted by molar-refractivity contribution is 5.93. The molecule has 0 saturated carbocycles. The van der Waals surface area contributed by atoms with Crippen molar-refractivity contribution in [1.82, 2.24) is 24.2 Å². The molecule has 1 saturated heterocycles. The molecule has 3 aromatic rings. The molecule has 0 spiro atoms. The summed E-state index contributed by atoms with van der Waals surface area (Å²) >= 11 is 0. The molecule has 9 heteroatoms. The maximum absolute atomic E-state index is 11.6. The first-order valence-electron chi connectivity index (χ1n) is 10.8. The van der Waals surface area contributed by atoms with E-state index in [9.17, 15) is 9.90 Å². The van der Waals surface area contributed by atoms with Gasteiger partial charge in [0.2, 0.25) is 5.91 Å². The third kappa shape index (κ3) is 5.15. The predicted molar refractivity (Wildman–Crippen MR) is 128 cm³/mol. The molecule has 0 aliphatic carbocycles. The molecule has 1 aromatic carbocycles. The average molecular weight is 446 g/mol. The highest BCUT2D eigenvalue weighted by Gasteiger charge is 2.20. The molecule has 33 heavy (non-hydrogen) atoms. The van der Waals surface area contributed by atoms with Gasteiger partial charge in [-0.2, -0.15) is 0 Å². The van der Waals surface area contributed by atoms with Crippen LogP contribution in [0.4, 0.5) is 0 Å². The zero-order valence-electron chi connectivity index (χ0n) is 18.6. The Balaban J connectivity index is 1.57. The number of amides is 1. The summed E-state index contributed by atoms with van der Waals surface area (Å²) in [5.41, 5.74) is 4.31. The number of aliphatic hydroxyl groups excluding tert-OH is 1. The van der Waals surface area contributed by atoms with Gasteiger partial charge in [-0.05, 0) is 18.4 Å². The van der Waals surface area contributed by atoms with Crippen molar-refractivity contribution >= 4 is 24.1 Å². The molecule has 4 rings (SSSR count). The minimum atomic E-state index is 0.0123. The number of fused-ring (bicyclic) bond motifs is 1. The number of carbonyl (C=O) groups is 1. The Hall–Kier alpha value is -3.85. The van der Waals surface area contributed by atoms with E-state index in [0.717, 1.165) is 34.0 Å². The third-order valence-electron chi connectivity index (χ3n) is 5.69. The van der Waals surface area contributed by atoms with E-state index in [4.69, 9.17) is 4.99 Å². The number of rotatable bonds is 6. The second-order valence-electron chi connectivity index (χ2n) is 7.77. The van der Waals surface area contributed by atoms with Crippen molar-refractivity contribution in [2.45, 2.75) is 20.1 Å². The number of aromatic nitrogens is 3. The largest absolute Gasteiger partial charge is 0.392 e. The molecule has 1 aliphatic rings. The Morgan fingerprint density at radius 3 is 2.52 bits per heavy atom. The predicted octanol–water partition coefficient (Wildman–Crippen LogP) is 2.17. The van der Waals surface area contributed by atoms with E-state index in [1.807, 2.05) is 45.8 Å². The first kappa shape index (κ1) is 22.3. The number of carbonyl (C=O) groups excluding carboxylic acids is 1. The highest BCUT2D eigenvalue weighted by atomic mass is 16.3. The summed E-state index contributed by atoms with van der Waals surface area (Å²) in [5, 5.41) is 9.26. The molecule has 1 aliphatic heterocycles. The SMILES string of the molecule is C=N/C=C\C(=N/Cc1cnc2cnc(-c3ccc(CO)cc3)cn12)N1CCN(C(C)=O)CC1. The molecular weight excluding hydrogens is 418 g/mol. The molecule has 0 radical (unpaired) electrons. The number of hydrogen-bond donors (Lipinski definition) is 1. The van der Waals surface area contributed by atoms with Gasteiger partial charge in [0.1, 0.15) is 5.84 Å². The number of imidazole rings is 1. The smallest absolute Gasteiger partial charge is 0.219 e. The number of benzene rings is 1. The van der Waals surface area contributed by atoms with Gasteiger partial charge in [0.15, 0.2) is 5.65 Å². The van der Waals surface area contributed by atoms with Crippen LogP contribution in [0.3, 0.4) is 0 Å². The molecule has 1 N–H and O–H groups in total. The number of nitrogens with zero attached hydrogens (tertiary/aromatic N) is 7. The molecule has 0 atom stereocenters. The number of aliphatic imine (C=N–C) groups is 2. The Bertz CT molecular complexity index is 1190. The van der Waals surface area contributed by atoms with E-state index in [-0.39, 0.29) is 12.5 Å². The van der Waals surface area contributed by atoms with E-state index in [2.05, 4.69) is 26.6 Å². The molecule has 1 amide bonds. The summed E-state index contributed by atoms with van der Waals surface area (Å²) in [6.07, 6.45) is 8.97. The fraction of sp³-hybridized carbons (Fsp3) is 0.292. The molecule has 2 aromatic heterocycles. The van der Waals surface area contributed by atoms with E-state index >= 15 is 0 Å². The van der Waals surface area contributed by atoms with Crippen LogP contribution >= 0.6 is 0 Å². The van der Waals surface area contributed by atoms with E-state index in [1.165, 1.54) is 0 Å². The van der Waals surface area contributed by atoms with Crippen LogP contribution in [-0.2, 0) is 17.9 Å². The molecule has 1 fully saturated rings. The van der Waals surface area contributed by atoms with Gasteiger partial charge in [-0.1, -0.05) is 24.3 Å². The van der Waals surface area contributed by atoms with Crippen molar-refractivity contribution < 1.29 is 9.90 Å². The fourth-order valence-electron chi connectivity index (χ4n) is 3.78. The number of piperazine rings is 1. The number of amidine groups is 1. The van der Waals surface area contributed by atoms with Crippen LogP contribution in [0.1, 0.15) is 18.2 Å².